The number of fused-ring (bicyclic) bond motifs is 1. The summed E-state index contributed by atoms with van der Waals surface area (Å²) in [4.78, 5) is 7.42. The minimum Gasteiger partial charge on any atom is -0.497 e. The maximum Gasteiger partial charge on any atom is 0.161 e. The summed E-state index contributed by atoms with van der Waals surface area (Å²) in [5.74, 6) is 2.58. The average Bonchev–Trinajstić information content (AvgIpc) is 3.43. The molecule has 1 saturated heterocycles. The van der Waals surface area contributed by atoms with E-state index in [-0.39, 0.29) is 0 Å². The second-order valence-electron chi connectivity index (χ2n) is 7.41. The van der Waals surface area contributed by atoms with Crippen molar-refractivity contribution in [3.8, 4) is 27.8 Å². The Balaban J connectivity index is 1.33. The number of hydrogen-bond acceptors (Lipinski definition) is 6. The second-order valence-corrected chi connectivity index (χ2v) is 8.27. The third-order valence-electron chi connectivity index (χ3n) is 5.55. The molecule has 0 radical (unpaired) electrons. The van der Waals surface area contributed by atoms with Crippen molar-refractivity contribution in [2.24, 2.45) is 0 Å². The summed E-state index contributed by atoms with van der Waals surface area (Å²) in [7, 11) is 1.69. The van der Waals surface area contributed by atoms with E-state index >= 15 is 0 Å². The number of ether oxygens (including phenoxy) is 3. The van der Waals surface area contributed by atoms with Crippen LogP contribution in [0.1, 0.15) is 30.1 Å². The van der Waals surface area contributed by atoms with Crippen LogP contribution in [0.25, 0.3) is 10.6 Å². The van der Waals surface area contributed by atoms with Gasteiger partial charge in [0.1, 0.15) is 24.0 Å². The molecule has 1 fully saturated rings. The van der Waals surface area contributed by atoms with Crippen LogP contribution in [0.3, 0.4) is 0 Å². The van der Waals surface area contributed by atoms with Crippen molar-refractivity contribution < 1.29 is 14.2 Å². The maximum atomic E-state index is 5.78. The molecule has 1 atom stereocenters. The molecule has 6 heteroatoms. The molecular weight excluding hydrogens is 384 g/mol. The van der Waals surface area contributed by atoms with Crippen LogP contribution in [0.4, 0.5) is 0 Å². The molecule has 0 amide bonds. The molecule has 3 aromatic rings. The van der Waals surface area contributed by atoms with Gasteiger partial charge in [-0.25, -0.2) is 4.98 Å². The van der Waals surface area contributed by atoms with E-state index in [2.05, 4.69) is 28.5 Å². The van der Waals surface area contributed by atoms with Gasteiger partial charge in [0, 0.05) is 23.5 Å². The predicted molar refractivity (Wildman–Crippen MR) is 114 cm³/mol. The fraction of sp³-hybridized carbons (Fsp3) is 0.348. The Morgan fingerprint density at radius 3 is 2.93 bits per heavy atom. The van der Waals surface area contributed by atoms with E-state index in [4.69, 9.17) is 19.2 Å². The first kappa shape index (κ1) is 18.5. The van der Waals surface area contributed by atoms with Crippen LogP contribution < -0.4 is 14.2 Å². The molecule has 2 aliphatic rings. The van der Waals surface area contributed by atoms with Gasteiger partial charge in [-0.3, -0.25) is 4.90 Å². The van der Waals surface area contributed by atoms with Crippen molar-refractivity contribution in [1.82, 2.24) is 9.88 Å². The number of aromatic nitrogens is 1. The molecule has 5 nitrogen and oxygen atoms in total. The fourth-order valence-electron chi connectivity index (χ4n) is 4.14. The number of nitrogens with zero attached hydrogens (tertiary/aromatic N) is 2. The second kappa shape index (κ2) is 8.05. The molecule has 1 unspecified atom stereocenters. The van der Waals surface area contributed by atoms with Crippen LogP contribution in [-0.4, -0.2) is 36.8 Å². The highest BCUT2D eigenvalue weighted by Gasteiger charge is 2.28. The highest BCUT2D eigenvalue weighted by Crippen LogP contribution is 2.39. The van der Waals surface area contributed by atoms with Crippen LogP contribution in [0, 0.1) is 0 Å². The molecule has 2 aliphatic heterocycles. The number of methoxy groups -OCH3 is 1. The van der Waals surface area contributed by atoms with Crippen molar-refractivity contribution in [2.45, 2.75) is 25.4 Å². The zero-order valence-electron chi connectivity index (χ0n) is 16.5. The maximum absolute atomic E-state index is 5.78. The van der Waals surface area contributed by atoms with Crippen LogP contribution in [0.15, 0.2) is 47.8 Å². The lowest BCUT2D eigenvalue weighted by atomic mass is 10.0. The summed E-state index contributed by atoms with van der Waals surface area (Å²) >= 11 is 1.69. The standard InChI is InChI=1S/C23H24N2O3S/c1-26-19-5-2-4-17(12-19)23-24-18(15-29-23)14-25-9-3-6-20(25)16-7-8-21-22(13-16)28-11-10-27-21/h2,4-5,7-8,12-13,15,20H,3,6,9-11,14H2,1H3. The zero-order chi connectivity index (χ0) is 19.6. The number of likely N-dealkylation sites (tertiary alicyclic amines) is 1. The lowest BCUT2D eigenvalue weighted by Crippen LogP contribution is -2.23. The van der Waals surface area contributed by atoms with E-state index in [0.29, 0.717) is 19.3 Å². The molecule has 0 bridgehead atoms. The normalized spacial score (nSPS) is 18.7. The van der Waals surface area contributed by atoms with E-state index in [9.17, 15) is 0 Å². The monoisotopic (exact) mass is 408 g/mol. The van der Waals surface area contributed by atoms with Crippen molar-refractivity contribution >= 4 is 11.3 Å². The SMILES string of the molecule is COc1cccc(-c2nc(CN3CCCC3c3ccc4c(c3)OCCO4)cs2)c1. The molecule has 3 heterocycles. The molecule has 2 aromatic carbocycles. The van der Waals surface area contributed by atoms with Gasteiger partial charge < -0.3 is 14.2 Å². The summed E-state index contributed by atoms with van der Waals surface area (Å²) in [6.45, 7) is 3.20. The molecule has 0 spiro atoms. The van der Waals surface area contributed by atoms with Gasteiger partial charge in [0.25, 0.3) is 0 Å². The number of thiazole rings is 1. The minimum atomic E-state index is 0.396. The largest absolute Gasteiger partial charge is 0.497 e. The first-order chi connectivity index (χ1) is 14.3. The number of hydrogen-bond donors (Lipinski definition) is 0. The predicted octanol–water partition coefficient (Wildman–Crippen LogP) is 4.93. The molecule has 150 valence electrons. The summed E-state index contributed by atoms with van der Waals surface area (Å²) in [6, 6.07) is 14.9. The molecule has 0 N–H and O–H groups in total. The van der Waals surface area contributed by atoms with Crippen molar-refractivity contribution in [3.05, 3.63) is 59.1 Å². The molecule has 0 aliphatic carbocycles. The average molecular weight is 409 g/mol. The van der Waals surface area contributed by atoms with Gasteiger partial charge >= 0.3 is 0 Å². The van der Waals surface area contributed by atoms with Crippen molar-refractivity contribution in [2.75, 3.05) is 26.9 Å². The molecule has 0 saturated carbocycles. The summed E-state index contributed by atoms with van der Waals surface area (Å²) in [6.07, 6.45) is 2.36. The van der Waals surface area contributed by atoms with Gasteiger partial charge in [0.15, 0.2) is 11.5 Å². The molecule has 1 aromatic heterocycles. The van der Waals surface area contributed by atoms with Crippen LogP contribution in [-0.2, 0) is 6.54 Å². The van der Waals surface area contributed by atoms with Crippen molar-refractivity contribution in [3.63, 3.8) is 0 Å². The molecular formula is C23H24N2O3S. The molecule has 29 heavy (non-hydrogen) atoms. The minimum absolute atomic E-state index is 0.396. The van der Waals surface area contributed by atoms with Gasteiger partial charge in [-0.05, 0) is 49.2 Å². The van der Waals surface area contributed by atoms with Gasteiger partial charge in [0.2, 0.25) is 0 Å². The highest BCUT2D eigenvalue weighted by atomic mass is 32.1. The third kappa shape index (κ3) is 3.82. The Kier molecular flexibility index (Phi) is 5.12. The lowest BCUT2D eigenvalue weighted by Gasteiger charge is -2.26. The van der Waals surface area contributed by atoms with Gasteiger partial charge in [-0.1, -0.05) is 18.2 Å². The Bertz CT molecular complexity index is 1000. The summed E-state index contributed by atoms with van der Waals surface area (Å²) in [5, 5.41) is 3.21. The fourth-order valence-corrected chi connectivity index (χ4v) is 4.94. The zero-order valence-corrected chi connectivity index (χ0v) is 17.3. The van der Waals surface area contributed by atoms with Crippen molar-refractivity contribution in [1.29, 1.82) is 0 Å². The van der Waals surface area contributed by atoms with E-state index in [1.807, 2.05) is 24.3 Å². The van der Waals surface area contributed by atoms with E-state index in [1.165, 1.54) is 12.0 Å². The Morgan fingerprint density at radius 1 is 1.14 bits per heavy atom. The van der Waals surface area contributed by atoms with Gasteiger partial charge in [-0.15, -0.1) is 11.3 Å². The highest BCUT2D eigenvalue weighted by molar-refractivity contribution is 7.13. The Hall–Kier alpha value is -2.57. The van der Waals surface area contributed by atoms with E-state index < -0.39 is 0 Å². The topological polar surface area (TPSA) is 43.8 Å². The quantitative estimate of drug-likeness (QED) is 0.599. The Morgan fingerprint density at radius 2 is 2.03 bits per heavy atom. The number of benzene rings is 2. The van der Waals surface area contributed by atoms with Gasteiger partial charge in [-0.2, -0.15) is 0 Å². The van der Waals surface area contributed by atoms with E-state index in [1.54, 1.807) is 18.4 Å². The van der Waals surface area contributed by atoms with Gasteiger partial charge in [0.05, 0.1) is 12.8 Å². The van der Waals surface area contributed by atoms with E-state index in [0.717, 1.165) is 53.0 Å². The Labute approximate surface area is 174 Å². The summed E-state index contributed by atoms with van der Waals surface area (Å²) in [5.41, 5.74) is 3.53. The lowest BCUT2D eigenvalue weighted by molar-refractivity contribution is 0.170. The van der Waals surface area contributed by atoms with Crippen LogP contribution in [0.2, 0.25) is 0 Å². The molecule has 5 rings (SSSR count). The third-order valence-corrected chi connectivity index (χ3v) is 6.49. The number of rotatable bonds is 5. The first-order valence-corrected chi connectivity index (χ1v) is 10.9. The summed E-state index contributed by atoms with van der Waals surface area (Å²) < 4.78 is 16.8. The first-order valence-electron chi connectivity index (χ1n) is 10.0. The van der Waals surface area contributed by atoms with Crippen LogP contribution >= 0.6 is 11.3 Å². The van der Waals surface area contributed by atoms with Crippen LogP contribution in [0.5, 0.6) is 17.2 Å². The smallest absolute Gasteiger partial charge is 0.161 e.